The highest BCUT2D eigenvalue weighted by Crippen LogP contribution is 2.43. The molecule has 0 bridgehead atoms. The third-order valence-electron chi connectivity index (χ3n) is 9.32. The predicted octanol–water partition coefficient (Wildman–Crippen LogP) is 11.1. The fraction of sp³-hybridized carbons (Fsp3) is 0.833. The number of hydrogen-bond acceptors (Lipinski definition) is 9. The molecule has 316 valence electrons. The van der Waals surface area contributed by atoms with Gasteiger partial charge in [0.05, 0.1) is 13.2 Å². The number of phosphoric ester groups is 1. The Labute approximate surface area is 328 Å². The summed E-state index contributed by atoms with van der Waals surface area (Å²) in [6.45, 7) is 4.31. The molecule has 0 aromatic heterocycles. The molecule has 0 spiro atoms. The molecule has 0 aromatic carbocycles. The topological polar surface area (TPSA) is 172 Å². The monoisotopic (exact) mass is 788 g/mol. The Balaban J connectivity index is 4.37. The van der Waals surface area contributed by atoms with Gasteiger partial charge in [-0.05, 0) is 51.4 Å². The van der Waals surface area contributed by atoms with Crippen LogP contribution in [0.4, 0.5) is 0 Å². The number of unbranched alkanes of at least 4 members (excludes halogenated alkanes) is 24. The minimum atomic E-state index is -4.71. The zero-order valence-electron chi connectivity index (χ0n) is 33.9. The number of rotatable bonds is 41. The molecular formula is C42H78NO10P. The smallest absolute Gasteiger partial charge is 0.472 e. The van der Waals surface area contributed by atoms with E-state index in [1.807, 2.05) is 6.08 Å². The van der Waals surface area contributed by atoms with Crippen molar-refractivity contribution in [2.45, 2.75) is 205 Å². The van der Waals surface area contributed by atoms with Crippen molar-refractivity contribution in [2.24, 2.45) is 5.73 Å². The van der Waals surface area contributed by atoms with Gasteiger partial charge in [-0.15, -0.1) is 6.58 Å². The second-order valence-electron chi connectivity index (χ2n) is 14.6. The number of carbonyl (C=O) groups is 3. The number of allylic oxidation sites excluding steroid dienone is 3. The van der Waals surface area contributed by atoms with Crippen LogP contribution in [0.5, 0.6) is 0 Å². The molecule has 0 heterocycles. The highest BCUT2D eigenvalue weighted by Gasteiger charge is 2.28. The Morgan fingerprint density at radius 3 is 1.50 bits per heavy atom. The van der Waals surface area contributed by atoms with Gasteiger partial charge in [0.1, 0.15) is 12.6 Å². The van der Waals surface area contributed by atoms with Gasteiger partial charge in [-0.2, -0.15) is 0 Å². The number of aliphatic carboxylic acids is 1. The van der Waals surface area contributed by atoms with Gasteiger partial charge in [0, 0.05) is 12.8 Å². The van der Waals surface area contributed by atoms with Crippen molar-refractivity contribution in [3.63, 3.8) is 0 Å². The minimum Gasteiger partial charge on any atom is -0.480 e. The Morgan fingerprint density at radius 1 is 0.611 bits per heavy atom. The van der Waals surface area contributed by atoms with Gasteiger partial charge in [-0.1, -0.05) is 147 Å². The van der Waals surface area contributed by atoms with E-state index in [2.05, 4.69) is 30.2 Å². The van der Waals surface area contributed by atoms with Crippen LogP contribution in [0.1, 0.15) is 193 Å². The Bertz CT molecular complexity index is 1010. The molecule has 3 atom stereocenters. The molecule has 0 saturated carbocycles. The Hall–Kier alpha value is -2.04. The summed E-state index contributed by atoms with van der Waals surface area (Å²) in [6, 6.07) is -1.52. The Kier molecular flexibility index (Phi) is 36.4. The normalized spacial score (nSPS) is 13.8. The first-order valence-electron chi connectivity index (χ1n) is 21.3. The van der Waals surface area contributed by atoms with E-state index in [0.29, 0.717) is 12.8 Å². The van der Waals surface area contributed by atoms with Gasteiger partial charge in [0.2, 0.25) is 0 Å². The van der Waals surface area contributed by atoms with E-state index >= 15 is 0 Å². The van der Waals surface area contributed by atoms with E-state index in [1.54, 1.807) is 0 Å². The number of carboxylic acids is 1. The van der Waals surface area contributed by atoms with E-state index in [9.17, 15) is 23.8 Å². The lowest BCUT2D eigenvalue weighted by molar-refractivity contribution is -0.161. The molecular weight excluding hydrogens is 709 g/mol. The first-order valence-corrected chi connectivity index (χ1v) is 22.8. The lowest BCUT2D eigenvalue weighted by atomic mass is 10.0. The van der Waals surface area contributed by atoms with Gasteiger partial charge in [-0.25, -0.2) is 4.57 Å². The number of carboxylic acid groups (broad SMARTS) is 1. The summed E-state index contributed by atoms with van der Waals surface area (Å²) < 4.78 is 32.6. The van der Waals surface area contributed by atoms with E-state index in [1.165, 1.54) is 109 Å². The zero-order chi connectivity index (χ0) is 40.0. The number of hydrogen-bond donors (Lipinski definition) is 3. The third-order valence-corrected chi connectivity index (χ3v) is 10.3. The number of phosphoric acid groups is 1. The molecule has 0 rings (SSSR count). The molecule has 0 aliphatic rings. The van der Waals surface area contributed by atoms with Gasteiger partial charge in [0.25, 0.3) is 0 Å². The number of nitrogens with two attached hydrogens (primary N) is 1. The summed E-state index contributed by atoms with van der Waals surface area (Å²) in [6.07, 6.45) is 37.1. The molecule has 11 nitrogen and oxygen atoms in total. The summed E-state index contributed by atoms with van der Waals surface area (Å²) in [4.78, 5) is 45.9. The molecule has 0 aliphatic carbocycles. The van der Waals surface area contributed by atoms with Gasteiger partial charge in [-0.3, -0.25) is 23.4 Å². The third kappa shape index (κ3) is 36.9. The first kappa shape index (κ1) is 52.0. The molecule has 0 fully saturated rings. The molecule has 0 aliphatic heterocycles. The minimum absolute atomic E-state index is 0.158. The van der Waals surface area contributed by atoms with Crippen LogP contribution in [-0.4, -0.2) is 59.9 Å². The van der Waals surface area contributed by atoms with Gasteiger partial charge < -0.3 is 25.2 Å². The maximum absolute atomic E-state index is 12.6. The van der Waals surface area contributed by atoms with Gasteiger partial charge >= 0.3 is 25.7 Å². The maximum atomic E-state index is 12.6. The van der Waals surface area contributed by atoms with E-state index < -0.39 is 51.1 Å². The standard InChI is InChI=1S/C42H78NO10P/c1-3-5-7-9-11-13-15-17-19-21-23-25-27-29-31-33-40(44)50-35-38(36-51-54(48,49)52-37-39(43)42(46)47)53-41(45)34-32-30-28-26-24-22-20-18-16-14-12-10-8-6-4-2/h4,21,23,38-39H,2-3,5-20,22,24-37,43H2,1H3,(H,46,47)(H,48,49)/b23-21+/t38-,39+/m1/s1. The molecule has 4 N–H and O–H groups in total. The zero-order valence-corrected chi connectivity index (χ0v) is 34.8. The molecule has 0 radical (unpaired) electrons. The highest BCUT2D eigenvalue weighted by atomic mass is 31.2. The van der Waals surface area contributed by atoms with Crippen molar-refractivity contribution in [3.8, 4) is 0 Å². The lowest BCUT2D eigenvalue weighted by Crippen LogP contribution is -2.34. The largest absolute Gasteiger partial charge is 0.480 e. The van der Waals surface area contributed by atoms with Crippen molar-refractivity contribution < 1.29 is 47.5 Å². The highest BCUT2D eigenvalue weighted by molar-refractivity contribution is 7.47. The van der Waals surface area contributed by atoms with Crippen LogP contribution < -0.4 is 5.73 Å². The average Bonchev–Trinajstić information content (AvgIpc) is 3.14. The summed E-state index contributed by atoms with van der Waals surface area (Å²) in [5.41, 5.74) is 5.33. The van der Waals surface area contributed by atoms with Crippen LogP contribution in [0.2, 0.25) is 0 Å². The fourth-order valence-corrected chi connectivity index (χ4v) is 6.70. The van der Waals surface area contributed by atoms with Crippen molar-refractivity contribution in [3.05, 3.63) is 24.8 Å². The van der Waals surface area contributed by atoms with Crippen LogP contribution in [0.15, 0.2) is 24.8 Å². The summed E-state index contributed by atoms with van der Waals surface area (Å²) in [5.74, 6) is -2.40. The maximum Gasteiger partial charge on any atom is 0.472 e. The SMILES string of the molecule is C=CCCCCCCCCCCCCCCCC(=O)O[C@H](COC(=O)CCCCC/C=C/CCCCCCCCCC)COP(=O)(O)OC[C@H](N)C(=O)O. The molecule has 12 heteroatoms. The molecule has 0 amide bonds. The van der Waals surface area contributed by atoms with E-state index in [4.69, 9.17) is 24.8 Å². The van der Waals surface area contributed by atoms with Crippen molar-refractivity contribution in [1.82, 2.24) is 0 Å². The molecule has 0 saturated heterocycles. The first-order chi connectivity index (χ1) is 26.1. The molecule has 54 heavy (non-hydrogen) atoms. The quantitative estimate of drug-likeness (QED) is 0.0233. The summed E-state index contributed by atoms with van der Waals surface area (Å²) in [5, 5.41) is 8.88. The second-order valence-corrected chi connectivity index (χ2v) is 16.0. The molecule has 0 aromatic rings. The van der Waals surface area contributed by atoms with Crippen LogP contribution >= 0.6 is 7.82 Å². The van der Waals surface area contributed by atoms with Crippen molar-refractivity contribution in [1.29, 1.82) is 0 Å². The number of esters is 2. The van der Waals surface area contributed by atoms with Crippen molar-refractivity contribution >= 4 is 25.7 Å². The van der Waals surface area contributed by atoms with E-state index in [-0.39, 0.29) is 19.4 Å². The fourth-order valence-electron chi connectivity index (χ4n) is 5.92. The van der Waals surface area contributed by atoms with Gasteiger partial charge in [0.15, 0.2) is 6.10 Å². The summed E-state index contributed by atoms with van der Waals surface area (Å²) in [7, 11) is -4.71. The van der Waals surface area contributed by atoms with E-state index in [0.717, 1.165) is 51.4 Å². The lowest BCUT2D eigenvalue weighted by Gasteiger charge is -2.20. The van der Waals surface area contributed by atoms with Crippen molar-refractivity contribution in [2.75, 3.05) is 19.8 Å². The summed E-state index contributed by atoms with van der Waals surface area (Å²) >= 11 is 0. The van der Waals surface area contributed by atoms with Crippen LogP contribution in [0.25, 0.3) is 0 Å². The molecule has 1 unspecified atom stereocenters. The number of ether oxygens (including phenoxy) is 2. The number of carbonyl (C=O) groups excluding carboxylic acids is 2. The van der Waals surface area contributed by atoms with Crippen LogP contribution in [0, 0.1) is 0 Å². The van der Waals surface area contributed by atoms with Crippen LogP contribution in [-0.2, 0) is 37.5 Å². The predicted molar refractivity (Wildman–Crippen MR) is 217 cm³/mol. The van der Waals surface area contributed by atoms with Crippen LogP contribution in [0.3, 0.4) is 0 Å². The Morgan fingerprint density at radius 2 is 1.02 bits per heavy atom. The second kappa shape index (κ2) is 37.9. The average molecular weight is 788 g/mol.